The van der Waals surface area contributed by atoms with Crippen LogP contribution in [-0.4, -0.2) is 30.0 Å². The quantitative estimate of drug-likeness (QED) is 0.943. The van der Waals surface area contributed by atoms with Crippen LogP contribution in [0.4, 0.5) is 0 Å². The van der Waals surface area contributed by atoms with Crippen LogP contribution in [0.2, 0.25) is 5.02 Å². The van der Waals surface area contributed by atoms with Gasteiger partial charge in [0.2, 0.25) is 0 Å². The van der Waals surface area contributed by atoms with Gasteiger partial charge in [0.15, 0.2) is 0 Å². The molecule has 0 spiro atoms. The van der Waals surface area contributed by atoms with Gasteiger partial charge >= 0.3 is 0 Å². The average Bonchev–Trinajstić information content (AvgIpc) is 3.02. The van der Waals surface area contributed by atoms with Gasteiger partial charge in [-0.3, -0.25) is 4.79 Å². The summed E-state index contributed by atoms with van der Waals surface area (Å²) in [5.74, 6) is 0.643. The minimum absolute atomic E-state index is 0.0830. The number of halogens is 1. The van der Waals surface area contributed by atoms with Gasteiger partial charge in [-0.1, -0.05) is 11.6 Å². The van der Waals surface area contributed by atoms with Gasteiger partial charge < -0.3 is 10.1 Å². The highest BCUT2D eigenvalue weighted by Gasteiger charge is 2.19. The summed E-state index contributed by atoms with van der Waals surface area (Å²) < 4.78 is 6.91. The molecule has 2 aromatic rings. The molecule has 0 radical (unpaired) electrons. The van der Waals surface area contributed by atoms with E-state index < -0.39 is 0 Å². The molecule has 2 heterocycles. The summed E-state index contributed by atoms with van der Waals surface area (Å²) in [7, 11) is 1.59. The first-order valence-electron chi connectivity index (χ1n) is 6.83. The van der Waals surface area contributed by atoms with Gasteiger partial charge in [-0.25, -0.2) is 4.68 Å². The second kappa shape index (κ2) is 5.87. The third kappa shape index (κ3) is 2.80. The Balaban J connectivity index is 2.07. The van der Waals surface area contributed by atoms with E-state index >= 15 is 0 Å². The highest BCUT2D eigenvalue weighted by molar-refractivity contribution is 6.30. The predicted molar refractivity (Wildman–Crippen MR) is 82.0 cm³/mol. The van der Waals surface area contributed by atoms with E-state index in [1.54, 1.807) is 36.1 Å². The Morgan fingerprint density at radius 3 is 2.95 bits per heavy atom. The fourth-order valence-corrected chi connectivity index (χ4v) is 2.72. The Labute approximate surface area is 127 Å². The first-order valence-corrected chi connectivity index (χ1v) is 7.21. The number of nitrogens with one attached hydrogen (secondary N) is 1. The minimum Gasteiger partial charge on any atom is -0.496 e. The SMILES string of the molecule is COc1cc(Cl)ccc1-c1ccc(=O)n(C2CCNC2)n1. The molecule has 0 saturated carbocycles. The van der Waals surface area contributed by atoms with E-state index in [2.05, 4.69) is 10.4 Å². The fraction of sp³-hybridized carbons (Fsp3) is 0.333. The van der Waals surface area contributed by atoms with Gasteiger partial charge in [0.25, 0.3) is 5.56 Å². The zero-order chi connectivity index (χ0) is 14.8. The van der Waals surface area contributed by atoms with Crippen molar-refractivity contribution in [3.63, 3.8) is 0 Å². The van der Waals surface area contributed by atoms with Gasteiger partial charge in [-0.2, -0.15) is 5.10 Å². The van der Waals surface area contributed by atoms with Gasteiger partial charge in [0, 0.05) is 23.2 Å². The van der Waals surface area contributed by atoms with Crippen molar-refractivity contribution in [1.82, 2.24) is 15.1 Å². The molecule has 21 heavy (non-hydrogen) atoms. The maximum atomic E-state index is 12.0. The lowest BCUT2D eigenvalue weighted by molar-refractivity contribution is 0.415. The van der Waals surface area contributed by atoms with Crippen molar-refractivity contribution in [3.05, 3.63) is 45.7 Å². The van der Waals surface area contributed by atoms with Crippen LogP contribution in [0.5, 0.6) is 5.75 Å². The van der Waals surface area contributed by atoms with Crippen molar-refractivity contribution in [2.24, 2.45) is 0 Å². The minimum atomic E-state index is -0.0830. The number of benzene rings is 1. The zero-order valence-corrected chi connectivity index (χ0v) is 12.4. The van der Waals surface area contributed by atoms with Gasteiger partial charge in [0.05, 0.1) is 18.8 Å². The van der Waals surface area contributed by atoms with Crippen LogP contribution in [-0.2, 0) is 0 Å². The smallest absolute Gasteiger partial charge is 0.267 e. The Bertz CT molecular complexity index is 708. The maximum Gasteiger partial charge on any atom is 0.267 e. The van der Waals surface area contributed by atoms with Crippen molar-refractivity contribution in [3.8, 4) is 17.0 Å². The number of ether oxygens (including phenoxy) is 1. The van der Waals surface area contributed by atoms with Gasteiger partial charge in [-0.05, 0) is 37.2 Å². The largest absolute Gasteiger partial charge is 0.496 e. The summed E-state index contributed by atoms with van der Waals surface area (Å²) in [6.45, 7) is 1.68. The van der Waals surface area contributed by atoms with E-state index in [1.807, 2.05) is 6.07 Å². The third-order valence-electron chi connectivity index (χ3n) is 3.64. The molecule has 3 rings (SSSR count). The molecule has 1 fully saturated rings. The van der Waals surface area contributed by atoms with E-state index in [0.29, 0.717) is 16.5 Å². The maximum absolute atomic E-state index is 12.0. The summed E-state index contributed by atoms with van der Waals surface area (Å²) >= 11 is 5.98. The molecular formula is C15H16ClN3O2. The molecule has 1 unspecified atom stereocenters. The molecule has 0 amide bonds. The number of methoxy groups -OCH3 is 1. The van der Waals surface area contributed by atoms with Crippen LogP contribution in [0.25, 0.3) is 11.3 Å². The lowest BCUT2D eigenvalue weighted by Gasteiger charge is -2.14. The number of hydrogen-bond acceptors (Lipinski definition) is 4. The summed E-state index contributed by atoms with van der Waals surface area (Å²) in [4.78, 5) is 12.0. The van der Waals surface area contributed by atoms with Crippen LogP contribution < -0.4 is 15.6 Å². The fourth-order valence-electron chi connectivity index (χ4n) is 2.56. The molecule has 1 aliphatic rings. The van der Waals surface area contributed by atoms with E-state index in [0.717, 1.165) is 25.1 Å². The van der Waals surface area contributed by atoms with Crippen molar-refractivity contribution in [2.75, 3.05) is 20.2 Å². The molecule has 1 aliphatic heterocycles. The molecule has 1 saturated heterocycles. The van der Waals surface area contributed by atoms with Crippen molar-refractivity contribution in [2.45, 2.75) is 12.5 Å². The Hall–Kier alpha value is -1.85. The molecule has 6 heteroatoms. The molecule has 0 bridgehead atoms. The lowest BCUT2D eigenvalue weighted by atomic mass is 10.1. The molecule has 1 aromatic heterocycles. The molecule has 0 aliphatic carbocycles. The van der Waals surface area contributed by atoms with Crippen LogP contribution in [0.3, 0.4) is 0 Å². The van der Waals surface area contributed by atoms with E-state index in [-0.39, 0.29) is 11.6 Å². The lowest BCUT2D eigenvalue weighted by Crippen LogP contribution is -2.28. The monoisotopic (exact) mass is 305 g/mol. The van der Waals surface area contributed by atoms with Gasteiger partial charge in [-0.15, -0.1) is 0 Å². The van der Waals surface area contributed by atoms with E-state index in [1.165, 1.54) is 0 Å². The Kier molecular flexibility index (Phi) is 3.94. The summed E-state index contributed by atoms with van der Waals surface area (Å²) in [6.07, 6.45) is 0.911. The highest BCUT2D eigenvalue weighted by Crippen LogP contribution is 2.30. The number of rotatable bonds is 3. The summed E-state index contributed by atoms with van der Waals surface area (Å²) in [6, 6.07) is 8.75. The molecule has 5 nitrogen and oxygen atoms in total. The number of nitrogens with zero attached hydrogens (tertiary/aromatic N) is 2. The molecular weight excluding hydrogens is 290 g/mol. The number of aromatic nitrogens is 2. The highest BCUT2D eigenvalue weighted by atomic mass is 35.5. The normalized spacial score (nSPS) is 17.9. The topological polar surface area (TPSA) is 56.1 Å². The summed E-state index contributed by atoms with van der Waals surface area (Å²) in [5, 5.41) is 8.35. The van der Waals surface area contributed by atoms with E-state index in [9.17, 15) is 4.79 Å². The standard InChI is InChI=1S/C15H16ClN3O2/c1-21-14-8-10(16)2-3-12(14)13-4-5-15(20)19(18-13)11-6-7-17-9-11/h2-5,8,11,17H,6-7,9H2,1H3. The van der Waals surface area contributed by atoms with Crippen molar-refractivity contribution >= 4 is 11.6 Å². The zero-order valence-electron chi connectivity index (χ0n) is 11.7. The number of hydrogen-bond donors (Lipinski definition) is 1. The molecule has 1 atom stereocenters. The molecule has 1 aromatic carbocycles. The van der Waals surface area contributed by atoms with Crippen molar-refractivity contribution in [1.29, 1.82) is 0 Å². The molecule has 1 N–H and O–H groups in total. The second-order valence-electron chi connectivity index (χ2n) is 4.99. The summed E-state index contributed by atoms with van der Waals surface area (Å²) in [5.41, 5.74) is 1.44. The third-order valence-corrected chi connectivity index (χ3v) is 3.88. The van der Waals surface area contributed by atoms with Crippen LogP contribution in [0.15, 0.2) is 35.1 Å². The molecule has 110 valence electrons. The predicted octanol–water partition coefficient (Wildman–Crippen LogP) is 2.11. The second-order valence-corrected chi connectivity index (χ2v) is 5.43. The van der Waals surface area contributed by atoms with Gasteiger partial charge in [0.1, 0.15) is 5.75 Å². The average molecular weight is 306 g/mol. The Morgan fingerprint density at radius 2 is 2.24 bits per heavy atom. The van der Waals surface area contributed by atoms with Crippen molar-refractivity contribution < 1.29 is 4.74 Å². The van der Waals surface area contributed by atoms with Crippen LogP contribution >= 0.6 is 11.6 Å². The van der Waals surface area contributed by atoms with Crippen LogP contribution in [0, 0.1) is 0 Å². The first-order chi connectivity index (χ1) is 10.2. The Morgan fingerprint density at radius 1 is 1.38 bits per heavy atom. The van der Waals surface area contributed by atoms with E-state index in [4.69, 9.17) is 16.3 Å². The first kappa shape index (κ1) is 14.1. The van der Waals surface area contributed by atoms with Crippen LogP contribution in [0.1, 0.15) is 12.5 Å².